The fourth-order valence-corrected chi connectivity index (χ4v) is 2.79. The van der Waals surface area contributed by atoms with Gasteiger partial charge in [-0.05, 0) is 25.2 Å². The van der Waals surface area contributed by atoms with Gasteiger partial charge < -0.3 is 10.3 Å². The third-order valence-electron chi connectivity index (χ3n) is 3.67. The molecule has 1 aromatic heterocycles. The van der Waals surface area contributed by atoms with Crippen LogP contribution in [0.3, 0.4) is 0 Å². The van der Waals surface area contributed by atoms with E-state index in [-0.39, 0.29) is 6.04 Å². The van der Waals surface area contributed by atoms with Crippen LogP contribution in [0.2, 0.25) is 0 Å². The summed E-state index contributed by atoms with van der Waals surface area (Å²) in [6, 6.07) is 0.129. The first-order valence-corrected chi connectivity index (χ1v) is 7.23. The standard InChI is InChI=1S/C14H25N3O/c1-10(2)8-12(15)9-13-16-14(17-18-13)11-6-4-3-5-7-11/h10-12H,3-9,15H2,1-2H3. The molecule has 1 fully saturated rings. The normalized spacial score (nSPS) is 19.3. The fourth-order valence-electron chi connectivity index (χ4n) is 2.79. The van der Waals surface area contributed by atoms with E-state index in [4.69, 9.17) is 10.3 Å². The summed E-state index contributed by atoms with van der Waals surface area (Å²) in [6.07, 6.45) is 8.05. The molecule has 18 heavy (non-hydrogen) atoms. The SMILES string of the molecule is CC(C)CC(N)Cc1nc(C2CCCCC2)no1. The molecule has 1 saturated carbocycles. The Bertz CT molecular complexity index is 356. The maximum atomic E-state index is 6.07. The van der Waals surface area contributed by atoms with Crippen molar-refractivity contribution in [2.24, 2.45) is 11.7 Å². The molecule has 1 heterocycles. The van der Waals surface area contributed by atoms with Gasteiger partial charge in [-0.25, -0.2) is 0 Å². The summed E-state index contributed by atoms with van der Waals surface area (Å²) in [4.78, 5) is 4.52. The molecule has 0 aliphatic heterocycles. The number of hydrogen-bond acceptors (Lipinski definition) is 4. The first-order chi connectivity index (χ1) is 8.65. The monoisotopic (exact) mass is 251 g/mol. The largest absolute Gasteiger partial charge is 0.339 e. The molecule has 1 aliphatic carbocycles. The minimum atomic E-state index is 0.129. The van der Waals surface area contributed by atoms with E-state index in [2.05, 4.69) is 24.0 Å². The van der Waals surface area contributed by atoms with Crippen LogP contribution < -0.4 is 5.73 Å². The lowest BCUT2D eigenvalue weighted by atomic mass is 9.89. The Morgan fingerprint density at radius 3 is 2.67 bits per heavy atom. The zero-order valence-corrected chi connectivity index (χ0v) is 11.6. The molecule has 102 valence electrons. The minimum absolute atomic E-state index is 0.129. The topological polar surface area (TPSA) is 64.9 Å². The van der Waals surface area contributed by atoms with E-state index in [1.165, 1.54) is 32.1 Å². The average Bonchev–Trinajstić information content (AvgIpc) is 2.77. The molecule has 4 nitrogen and oxygen atoms in total. The third-order valence-corrected chi connectivity index (χ3v) is 3.67. The van der Waals surface area contributed by atoms with Crippen LogP contribution in [0, 0.1) is 5.92 Å². The molecule has 0 aromatic carbocycles. The van der Waals surface area contributed by atoms with Crippen molar-refractivity contribution < 1.29 is 4.52 Å². The first-order valence-electron chi connectivity index (χ1n) is 7.23. The lowest BCUT2D eigenvalue weighted by Crippen LogP contribution is -2.24. The van der Waals surface area contributed by atoms with Crippen molar-refractivity contribution in [2.45, 2.75) is 70.8 Å². The second-order valence-electron chi connectivity index (χ2n) is 5.98. The van der Waals surface area contributed by atoms with Gasteiger partial charge in [0.05, 0.1) is 0 Å². The van der Waals surface area contributed by atoms with E-state index in [0.717, 1.165) is 12.2 Å². The Kier molecular flexibility index (Phi) is 4.75. The Balaban J connectivity index is 1.89. The van der Waals surface area contributed by atoms with Gasteiger partial charge in [0.25, 0.3) is 0 Å². The van der Waals surface area contributed by atoms with Gasteiger partial charge in [0.1, 0.15) is 0 Å². The van der Waals surface area contributed by atoms with E-state index < -0.39 is 0 Å². The summed E-state index contributed by atoms with van der Waals surface area (Å²) < 4.78 is 5.33. The van der Waals surface area contributed by atoms with Crippen LogP contribution >= 0.6 is 0 Å². The van der Waals surface area contributed by atoms with Crippen LogP contribution in [0.15, 0.2) is 4.52 Å². The Morgan fingerprint density at radius 2 is 2.00 bits per heavy atom. The molecule has 2 rings (SSSR count). The van der Waals surface area contributed by atoms with Crippen LogP contribution in [0.5, 0.6) is 0 Å². The van der Waals surface area contributed by atoms with Crippen molar-refractivity contribution in [2.75, 3.05) is 0 Å². The smallest absolute Gasteiger partial charge is 0.228 e. The van der Waals surface area contributed by atoms with Crippen molar-refractivity contribution in [3.8, 4) is 0 Å². The highest BCUT2D eigenvalue weighted by Crippen LogP contribution is 2.30. The highest BCUT2D eigenvalue weighted by atomic mass is 16.5. The summed E-state index contributed by atoms with van der Waals surface area (Å²) in [5.74, 6) is 2.74. The molecule has 2 N–H and O–H groups in total. The molecule has 0 amide bonds. The van der Waals surface area contributed by atoms with Crippen molar-refractivity contribution in [1.82, 2.24) is 10.1 Å². The summed E-state index contributed by atoms with van der Waals surface area (Å²) in [6.45, 7) is 4.36. The number of aromatic nitrogens is 2. The van der Waals surface area contributed by atoms with Crippen LogP contribution in [0.25, 0.3) is 0 Å². The van der Waals surface area contributed by atoms with E-state index >= 15 is 0 Å². The average molecular weight is 251 g/mol. The van der Waals surface area contributed by atoms with Crippen molar-refractivity contribution in [3.05, 3.63) is 11.7 Å². The quantitative estimate of drug-likeness (QED) is 0.873. The van der Waals surface area contributed by atoms with Crippen molar-refractivity contribution >= 4 is 0 Å². The maximum absolute atomic E-state index is 6.07. The van der Waals surface area contributed by atoms with Crippen LogP contribution in [0.1, 0.15) is 70.0 Å². The molecule has 4 heteroatoms. The number of nitrogens with zero attached hydrogens (tertiary/aromatic N) is 2. The maximum Gasteiger partial charge on any atom is 0.228 e. The molecular formula is C14H25N3O. The van der Waals surface area contributed by atoms with Crippen LogP contribution in [-0.4, -0.2) is 16.2 Å². The number of rotatable bonds is 5. The molecule has 0 saturated heterocycles. The predicted octanol–water partition coefficient (Wildman–Crippen LogP) is 3.03. The third kappa shape index (κ3) is 3.80. The van der Waals surface area contributed by atoms with Gasteiger partial charge in [-0.2, -0.15) is 4.98 Å². The minimum Gasteiger partial charge on any atom is -0.339 e. The van der Waals surface area contributed by atoms with Crippen molar-refractivity contribution in [1.29, 1.82) is 0 Å². The summed E-state index contributed by atoms with van der Waals surface area (Å²) in [7, 11) is 0. The lowest BCUT2D eigenvalue weighted by Gasteiger charge is -2.17. The molecular weight excluding hydrogens is 226 g/mol. The van der Waals surface area contributed by atoms with Gasteiger partial charge in [-0.3, -0.25) is 0 Å². The van der Waals surface area contributed by atoms with E-state index in [9.17, 15) is 0 Å². The summed E-state index contributed by atoms with van der Waals surface area (Å²) in [5, 5.41) is 4.13. The fraction of sp³-hybridized carbons (Fsp3) is 0.857. The number of nitrogens with two attached hydrogens (primary N) is 1. The van der Waals surface area contributed by atoms with Crippen molar-refractivity contribution in [3.63, 3.8) is 0 Å². The lowest BCUT2D eigenvalue weighted by molar-refractivity contribution is 0.345. The highest BCUT2D eigenvalue weighted by molar-refractivity contribution is 4.97. The molecule has 0 bridgehead atoms. The van der Waals surface area contributed by atoms with E-state index in [1.54, 1.807) is 0 Å². The first kappa shape index (κ1) is 13.5. The van der Waals surface area contributed by atoms with Gasteiger partial charge in [0.2, 0.25) is 5.89 Å². The van der Waals surface area contributed by atoms with E-state index in [0.29, 0.717) is 24.1 Å². The van der Waals surface area contributed by atoms with Gasteiger partial charge in [-0.1, -0.05) is 38.3 Å². The van der Waals surface area contributed by atoms with Gasteiger partial charge in [0.15, 0.2) is 5.82 Å². The second-order valence-corrected chi connectivity index (χ2v) is 5.98. The Labute approximate surface area is 109 Å². The molecule has 0 spiro atoms. The molecule has 1 atom stereocenters. The van der Waals surface area contributed by atoms with E-state index in [1.807, 2.05) is 0 Å². The summed E-state index contributed by atoms with van der Waals surface area (Å²) >= 11 is 0. The van der Waals surface area contributed by atoms with Gasteiger partial charge in [0, 0.05) is 18.4 Å². The summed E-state index contributed by atoms with van der Waals surface area (Å²) in [5.41, 5.74) is 6.07. The Hall–Kier alpha value is -0.900. The second kappa shape index (κ2) is 6.32. The zero-order valence-electron chi connectivity index (χ0n) is 11.6. The zero-order chi connectivity index (χ0) is 13.0. The highest BCUT2D eigenvalue weighted by Gasteiger charge is 2.21. The molecule has 1 unspecified atom stereocenters. The number of hydrogen-bond donors (Lipinski definition) is 1. The Morgan fingerprint density at radius 1 is 1.28 bits per heavy atom. The van der Waals surface area contributed by atoms with Gasteiger partial charge >= 0.3 is 0 Å². The van der Waals surface area contributed by atoms with Gasteiger partial charge in [-0.15, -0.1) is 0 Å². The van der Waals surface area contributed by atoms with Crippen LogP contribution in [0.4, 0.5) is 0 Å². The molecule has 1 aliphatic rings. The molecule has 1 aromatic rings. The van der Waals surface area contributed by atoms with Crippen LogP contribution in [-0.2, 0) is 6.42 Å². The predicted molar refractivity (Wildman–Crippen MR) is 71.3 cm³/mol. The molecule has 0 radical (unpaired) electrons.